The quantitative estimate of drug-likeness (QED) is 0.934. The zero-order chi connectivity index (χ0) is 14.8. The molecule has 1 fully saturated rings. The first-order chi connectivity index (χ1) is 10.2. The van der Waals surface area contributed by atoms with Crippen LogP contribution in [0, 0.1) is 17.2 Å². The highest BCUT2D eigenvalue weighted by Gasteiger charge is 2.24. The summed E-state index contributed by atoms with van der Waals surface area (Å²) in [5.41, 5.74) is 1.87. The molecule has 1 aromatic rings. The summed E-state index contributed by atoms with van der Waals surface area (Å²) >= 11 is 1.59. The van der Waals surface area contributed by atoms with E-state index in [2.05, 4.69) is 23.2 Å². The summed E-state index contributed by atoms with van der Waals surface area (Å²) in [5.74, 6) is 0.687. The van der Waals surface area contributed by atoms with E-state index in [1.54, 1.807) is 11.3 Å². The molecule has 1 N–H and O–H groups in total. The van der Waals surface area contributed by atoms with Crippen LogP contribution in [0.25, 0.3) is 0 Å². The van der Waals surface area contributed by atoms with Crippen molar-refractivity contribution < 1.29 is 4.79 Å². The number of nitrogens with zero attached hydrogens (tertiary/aromatic N) is 2. The molecular formula is C16H21N3OS. The Morgan fingerprint density at radius 1 is 1.48 bits per heavy atom. The number of likely N-dealkylation sites (tertiary alicyclic amines) is 1. The number of amides is 1. The van der Waals surface area contributed by atoms with Gasteiger partial charge >= 0.3 is 0 Å². The molecule has 0 bridgehead atoms. The monoisotopic (exact) mass is 303 g/mol. The van der Waals surface area contributed by atoms with E-state index in [1.165, 1.54) is 23.3 Å². The average molecular weight is 303 g/mol. The number of anilines is 1. The van der Waals surface area contributed by atoms with E-state index >= 15 is 0 Å². The summed E-state index contributed by atoms with van der Waals surface area (Å²) in [7, 11) is 0. The summed E-state index contributed by atoms with van der Waals surface area (Å²) in [6.07, 6.45) is 5.59. The molecule has 1 aliphatic carbocycles. The minimum absolute atomic E-state index is 0.0144. The zero-order valence-corrected chi connectivity index (χ0v) is 13.3. The Morgan fingerprint density at radius 2 is 2.33 bits per heavy atom. The predicted molar refractivity (Wildman–Crippen MR) is 84.5 cm³/mol. The maximum Gasteiger partial charge on any atom is 0.239 e. The molecule has 2 heterocycles. The Hall–Kier alpha value is -1.38. The van der Waals surface area contributed by atoms with Gasteiger partial charge in [0.1, 0.15) is 11.1 Å². The van der Waals surface area contributed by atoms with Crippen molar-refractivity contribution in [2.24, 2.45) is 5.92 Å². The highest BCUT2D eigenvalue weighted by atomic mass is 32.1. The number of nitrogens with one attached hydrogen (secondary N) is 1. The fraction of sp³-hybridized carbons (Fsp3) is 0.625. The van der Waals surface area contributed by atoms with Crippen molar-refractivity contribution in [1.29, 1.82) is 5.26 Å². The normalized spacial score (nSPS) is 21.8. The van der Waals surface area contributed by atoms with E-state index in [0.717, 1.165) is 37.4 Å². The fourth-order valence-corrected chi connectivity index (χ4v) is 4.67. The summed E-state index contributed by atoms with van der Waals surface area (Å²) < 4.78 is 0. The zero-order valence-electron chi connectivity index (χ0n) is 12.4. The van der Waals surface area contributed by atoms with E-state index in [0.29, 0.717) is 18.0 Å². The van der Waals surface area contributed by atoms with Gasteiger partial charge in [0.25, 0.3) is 0 Å². The molecule has 4 nitrogen and oxygen atoms in total. The van der Waals surface area contributed by atoms with Gasteiger partial charge in [-0.1, -0.05) is 6.92 Å². The molecule has 1 aliphatic heterocycles. The topological polar surface area (TPSA) is 56.1 Å². The average Bonchev–Trinajstić information content (AvgIpc) is 2.98. The smallest absolute Gasteiger partial charge is 0.239 e. The lowest BCUT2D eigenvalue weighted by Gasteiger charge is -2.30. The summed E-state index contributed by atoms with van der Waals surface area (Å²) in [6, 6.07) is 2.27. The van der Waals surface area contributed by atoms with E-state index in [4.69, 9.17) is 0 Å². The molecular weight excluding hydrogens is 282 g/mol. The second-order valence-electron chi connectivity index (χ2n) is 6.20. The standard InChI is InChI=1S/C16H21N3OS/c1-11-4-3-7-19(9-11)10-15(20)18-16-13(8-17)12-5-2-6-14(12)21-16/h11H,2-7,9-10H2,1H3,(H,18,20)/t11-/m1/s1. The Bertz CT molecular complexity index is 587. The van der Waals surface area contributed by atoms with Crippen LogP contribution in [0.1, 0.15) is 42.2 Å². The third kappa shape index (κ3) is 3.12. The number of rotatable bonds is 3. The van der Waals surface area contributed by atoms with Gasteiger partial charge in [0.15, 0.2) is 0 Å². The molecule has 1 amide bonds. The minimum atomic E-state index is 0.0144. The van der Waals surface area contributed by atoms with Gasteiger partial charge in [-0.3, -0.25) is 9.69 Å². The molecule has 0 saturated carbocycles. The maximum atomic E-state index is 12.2. The number of thiophene rings is 1. The highest BCUT2D eigenvalue weighted by Crippen LogP contribution is 2.38. The third-order valence-electron chi connectivity index (χ3n) is 4.39. The predicted octanol–water partition coefficient (Wildman–Crippen LogP) is 2.78. The first kappa shape index (κ1) is 14.6. The second kappa shape index (κ2) is 6.17. The van der Waals surface area contributed by atoms with Crippen LogP contribution in [-0.2, 0) is 17.6 Å². The largest absolute Gasteiger partial charge is 0.315 e. The molecule has 3 rings (SSSR count). The number of aryl methyl sites for hydroxylation is 1. The van der Waals surface area contributed by atoms with E-state index < -0.39 is 0 Å². The van der Waals surface area contributed by atoms with Crippen LogP contribution < -0.4 is 5.32 Å². The third-order valence-corrected chi connectivity index (χ3v) is 5.60. The second-order valence-corrected chi connectivity index (χ2v) is 7.31. The van der Waals surface area contributed by atoms with Gasteiger partial charge in [-0.25, -0.2) is 0 Å². The van der Waals surface area contributed by atoms with E-state index in [1.807, 2.05) is 0 Å². The molecule has 0 radical (unpaired) electrons. The summed E-state index contributed by atoms with van der Waals surface area (Å²) in [4.78, 5) is 15.7. The molecule has 5 heteroatoms. The van der Waals surface area contributed by atoms with E-state index in [9.17, 15) is 10.1 Å². The lowest BCUT2D eigenvalue weighted by atomic mass is 10.0. The lowest BCUT2D eigenvalue weighted by Crippen LogP contribution is -2.39. The van der Waals surface area contributed by atoms with Crippen molar-refractivity contribution in [3.63, 3.8) is 0 Å². The number of carbonyl (C=O) groups excluding carboxylic acids is 1. The van der Waals surface area contributed by atoms with Crippen molar-refractivity contribution in [3.8, 4) is 6.07 Å². The van der Waals surface area contributed by atoms with Crippen LogP contribution in [0.2, 0.25) is 0 Å². The summed E-state index contributed by atoms with van der Waals surface area (Å²) in [6.45, 7) is 4.68. The summed E-state index contributed by atoms with van der Waals surface area (Å²) in [5, 5.41) is 13.1. The van der Waals surface area contributed by atoms with Gasteiger partial charge in [0.05, 0.1) is 12.1 Å². The van der Waals surface area contributed by atoms with Gasteiger partial charge in [-0.2, -0.15) is 5.26 Å². The van der Waals surface area contributed by atoms with Gasteiger partial charge in [-0.15, -0.1) is 11.3 Å². The van der Waals surface area contributed by atoms with E-state index in [-0.39, 0.29) is 5.91 Å². The molecule has 0 spiro atoms. The fourth-order valence-electron chi connectivity index (χ4n) is 3.41. The van der Waals surface area contributed by atoms with Crippen molar-refractivity contribution in [2.75, 3.05) is 25.0 Å². The number of nitriles is 1. The maximum absolute atomic E-state index is 12.2. The SMILES string of the molecule is C[C@@H]1CCCN(CC(=O)Nc2sc3c(c2C#N)CCC3)C1. The number of fused-ring (bicyclic) bond motifs is 1. The van der Waals surface area contributed by atoms with Crippen molar-refractivity contribution in [1.82, 2.24) is 4.90 Å². The molecule has 2 aliphatic rings. The number of carbonyl (C=O) groups is 1. The molecule has 112 valence electrons. The van der Waals surface area contributed by atoms with Gasteiger partial charge in [-0.05, 0) is 50.1 Å². The van der Waals surface area contributed by atoms with Crippen LogP contribution in [-0.4, -0.2) is 30.4 Å². The molecule has 1 saturated heterocycles. The van der Waals surface area contributed by atoms with Crippen molar-refractivity contribution in [3.05, 3.63) is 16.0 Å². The van der Waals surface area contributed by atoms with Crippen molar-refractivity contribution >= 4 is 22.2 Å². The molecule has 1 aromatic heterocycles. The molecule has 0 aromatic carbocycles. The Labute approximate surface area is 129 Å². The van der Waals surface area contributed by atoms with Crippen LogP contribution in [0.5, 0.6) is 0 Å². The van der Waals surface area contributed by atoms with Crippen LogP contribution in [0.4, 0.5) is 5.00 Å². The van der Waals surface area contributed by atoms with Crippen LogP contribution >= 0.6 is 11.3 Å². The molecule has 21 heavy (non-hydrogen) atoms. The number of piperidine rings is 1. The van der Waals surface area contributed by atoms with Gasteiger partial charge in [0, 0.05) is 11.4 Å². The van der Waals surface area contributed by atoms with Crippen LogP contribution in [0.3, 0.4) is 0 Å². The Kier molecular flexibility index (Phi) is 4.27. The highest BCUT2D eigenvalue weighted by molar-refractivity contribution is 7.16. The molecule has 0 unspecified atom stereocenters. The lowest BCUT2D eigenvalue weighted by molar-refractivity contribution is -0.117. The van der Waals surface area contributed by atoms with Crippen LogP contribution in [0.15, 0.2) is 0 Å². The Balaban J connectivity index is 1.64. The molecule has 1 atom stereocenters. The first-order valence-corrected chi connectivity index (χ1v) is 8.56. The minimum Gasteiger partial charge on any atom is -0.315 e. The number of hydrogen-bond acceptors (Lipinski definition) is 4. The van der Waals surface area contributed by atoms with Gasteiger partial charge < -0.3 is 5.32 Å². The Morgan fingerprint density at radius 3 is 3.10 bits per heavy atom. The first-order valence-electron chi connectivity index (χ1n) is 7.74. The van der Waals surface area contributed by atoms with Gasteiger partial charge in [0.2, 0.25) is 5.91 Å². The van der Waals surface area contributed by atoms with Crippen molar-refractivity contribution in [2.45, 2.75) is 39.0 Å². The number of hydrogen-bond donors (Lipinski definition) is 1.